The number of amides is 1. The van der Waals surface area contributed by atoms with E-state index >= 15 is 0 Å². The maximum absolute atomic E-state index is 13.0. The number of para-hydroxylation sites is 1. The van der Waals surface area contributed by atoms with E-state index in [9.17, 15) is 28.1 Å². The minimum absolute atomic E-state index is 0.000304. The van der Waals surface area contributed by atoms with Gasteiger partial charge in [0.2, 0.25) is 17.6 Å². The Morgan fingerprint density at radius 1 is 1.16 bits per heavy atom. The molecule has 0 N–H and O–H groups in total. The molecule has 0 atom stereocenters. The Kier molecular flexibility index (Phi) is 6.58. The minimum atomic E-state index is -4.67. The average Bonchev–Trinajstić information content (AvgIpc) is 3.20. The zero-order chi connectivity index (χ0) is 22.4. The lowest BCUT2D eigenvalue weighted by Gasteiger charge is -2.24. The molecule has 0 aliphatic rings. The fraction of sp³-hybridized carbons (Fsp3) is 0.263. The van der Waals surface area contributed by atoms with Gasteiger partial charge < -0.3 is 9.42 Å². The highest BCUT2D eigenvalue weighted by molar-refractivity contribution is 5.76. The first kappa shape index (κ1) is 21.9. The number of nitro groups is 1. The van der Waals surface area contributed by atoms with Crippen LogP contribution in [0.4, 0.5) is 18.9 Å². The third-order valence-electron chi connectivity index (χ3n) is 4.19. The lowest BCUT2D eigenvalue weighted by atomic mass is 10.1. The van der Waals surface area contributed by atoms with E-state index in [1.54, 1.807) is 18.2 Å². The molecule has 0 aliphatic heterocycles. The molecule has 0 bridgehead atoms. The second kappa shape index (κ2) is 9.32. The lowest BCUT2D eigenvalue weighted by molar-refractivity contribution is -0.385. The van der Waals surface area contributed by atoms with Gasteiger partial charge in [-0.3, -0.25) is 19.9 Å². The van der Waals surface area contributed by atoms with E-state index in [1.807, 2.05) is 0 Å². The molecule has 0 saturated carbocycles. The summed E-state index contributed by atoms with van der Waals surface area (Å²) in [5.74, 6) is -0.602. The standard InChI is InChI=1S/C19H16F3N5O4/c20-19(21,22)12-26(11-13-5-1-2-7-15(13)27(29)30)17(28)9-8-16-24-18(25-31-16)14-6-3-4-10-23-14/h1-7,10H,8-9,11-12H2. The third kappa shape index (κ3) is 6.07. The summed E-state index contributed by atoms with van der Waals surface area (Å²) in [6.45, 7) is -2.10. The molecule has 0 aliphatic carbocycles. The molecule has 9 nitrogen and oxygen atoms in total. The van der Waals surface area contributed by atoms with Crippen molar-refractivity contribution in [1.29, 1.82) is 0 Å². The molecule has 0 radical (unpaired) electrons. The summed E-state index contributed by atoms with van der Waals surface area (Å²) >= 11 is 0. The number of carbonyl (C=O) groups excluding carboxylic acids is 1. The first-order chi connectivity index (χ1) is 14.7. The zero-order valence-corrected chi connectivity index (χ0v) is 16.0. The monoisotopic (exact) mass is 435 g/mol. The van der Waals surface area contributed by atoms with E-state index in [4.69, 9.17) is 4.52 Å². The number of hydrogen-bond acceptors (Lipinski definition) is 7. The van der Waals surface area contributed by atoms with Gasteiger partial charge in [-0.15, -0.1) is 0 Å². The largest absolute Gasteiger partial charge is 0.406 e. The maximum atomic E-state index is 13.0. The molecule has 1 amide bonds. The van der Waals surface area contributed by atoms with Gasteiger partial charge in [0.25, 0.3) is 5.69 Å². The van der Waals surface area contributed by atoms with Gasteiger partial charge in [-0.2, -0.15) is 18.2 Å². The Bertz CT molecular complexity index is 1060. The molecular weight excluding hydrogens is 419 g/mol. The normalized spacial score (nSPS) is 11.3. The van der Waals surface area contributed by atoms with Gasteiger partial charge in [-0.05, 0) is 12.1 Å². The molecule has 0 fully saturated rings. The molecule has 1 aromatic carbocycles. The summed E-state index contributed by atoms with van der Waals surface area (Å²) in [5.41, 5.74) is 0.0821. The summed E-state index contributed by atoms with van der Waals surface area (Å²) in [4.78, 5) is 31.6. The van der Waals surface area contributed by atoms with Crippen molar-refractivity contribution < 1.29 is 27.4 Å². The summed E-state index contributed by atoms with van der Waals surface area (Å²) < 4.78 is 44.1. The minimum Gasteiger partial charge on any atom is -0.339 e. The molecule has 0 spiro atoms. The number of aryl methyl sites for hydroxylation is 1. The van der Waals surface area contributed by atoms with Crippen LogP contribution in [0.25, 0.3) is 11.5 Å². The van der Waals surface area contributed by atoms with Gasteiger partial charge in [0, 0.05) is 30.7 Å². The second-order valence-corrected chi connectivity index (χ2v) is 6.48. The number of rotatable bonds is 8. The average molecular weight is 435 g/mol. The van der Waals surface area contributed by atoms with E-state index in [2.05, 4.69) is 15.1 Å². The highest BCUT2D eigenvalue weighted by Gasteiger charge is 2.34. The predicted octanol–water partition coefficient (Wildman–Crippen LogP) is 3.56. The van der Waals surface area contributed by atoms with E-state index < -0.39 is 30.1 Å². The lowest BCUT2D eigenvalue weighted by Crippen LogP contribution is -2.38. The van der Waals surface area contributed by atoms with Crippen molar-refractivity contribution in [2.75, 3.05) is 6.54 Å². The van der Waals surface area contributed by atoms with Gasteiger partial charge in [-0.1, -0.05) is 29.4 Å². The summed E-state index contributed by atoms with van der Waals surface area (Å²) in [6.07, 6.45) is -3.58. The van der Waals surface area contributed by atoms with Crippen molar-refractivity contribution in [3.63, 3.8) is 0 Å². The predicted molar refractivity (Wildman–Crippen MR) is 100 cm³/mol. The Morgan fingerprint density at radius 3 is 2.58 bits per heavy atom. The Morgan fingerprint density at radius 2 is 1.90 bits per heavy atom. The van der Waals surface area contributed by atoms with Crippen molar-refractivity contribution in [2.45, 2.75) is 25.6 Å². The third-order valence-corrected chi connectivity index (χ3v) is 4.19. The summed E-state index contributed by atoms with van der Waals surface area (Å²) in [5, 5.41) is 14.9. The van der Waals surface area contributed by atoms with Crippen molar-refractivity contribution >= 4 is 11.6 Å². The van der Waals surface area contributed by atoms with Crippen LogP contribution in [-0.4, -0.2) is 43.6 Å². The number of pyridine rings is 1. The number of alkyl halides is 3. The van der Waals surface area contributed by atoms with Crippen LogP contribution in [0.2, 0.25) is 0 Å². The zero-order valence-electron chi connectivity index (χ0n) is 16.0. The van der Waals surface area contributed by atoms with E-state index in [1.165, 1.54) is 30.5 Å². The summed E-state index contributed by atoms with van der Waals surface area (Å²) in [7, 11) is 0. The highest BCUT2D eigenvalue weighted by Crippen LogP contribution is 2.24. The van der Waals surface area contributed by atoms with Crippen LogP contribution in [0.1, 0.15) is 17.9 Å². The van der Waals surface area contributed by atoms with Crippen molar-refractivity contribution in [2.24, 2.45) is 0 Å². The second-order valence-electron chi connectivity index (χ2n) is 6.48. The number of nitro benzene ring substituents is 1. The maximum Gasteiger partial charge on any atom is 0.406 e. The Balaban J connectivity index is 1.71. The SMILES string of the molecule is O=C(CCc1nc(-c2ccccn2)no1)N(Cc1ccccc1[N+](=O)[O-])CC(F)(F)F. The van der Waals surface area contributed by atoms with E-state index in [-0.39, 0.29) is 35.8 Å². The Labute approximate surface area is 173 Å². The fourth-order valence-corrected chi connectivity index (χ4v) is 2.80. The van der Waals surface area contributed by atoms with Crippen LogP contribution in [0.15, 0.2) is 53.2 Å². The summed E-state index contributed by atoms with van der Waals surface area (Å²) in [6, 6.07) is 10.4. The van der Waals surface area contributed by atoms with Crippen LogP contribution < -0.4 is 0 Å². The van der Waals surface area contributed by atoms with Crippen LogP contribution in [0, 0.1) is 10.1 Å². The fourth-order valence-electron chi connectivity index (χ4n) is 2.80. The van der Waals surface area contributed by atoms with Gasteiger partial charge in [0.05, 0.1) is 11.5 Å². The number of carbonyl (C=O) groups is 1. The molecule has 2 aromatic heterocycles. The molecule has 0 unspecified atom stereocenters. The smallest absolute Gasteiger partial charge is 0.339 e. The molecule has 2 heterocycles. The molecule has 3 rings (SSSR count). The molecule has 12 heteroatoms. The molecule has 31 heavy (non-hydrogen) atoms. The number of halogens is 3. The van der Waals surface area contributed by atoms with Gasteiger partial charge in [-0.25, -0.2) is 0 Å². The number of aromatic nitrogens is 3. The van der Waals surface area contributed by atoms with Crippen molar-refractivity contribution in [3.8, 4) is 11.5 Å². The van der Waals surface area contributed by atoms with Crippen molar-refractivity contribution in [1.82, 2.24) is 20.0 Å². The number of nitrogens with zero attached hydrogens (tertiary/aromatic N) is 5. The first-order valence-corrected chi connectivity index (χ1v) is 9.04. The van der Waals surface area contributed by atoms with E-state index in [0.717, 1.165) is 0 Å². The number of benzene rings is 1. The van der Waals surface area contributed by atoms with Crippen LogP contribution >= 0.6 is 0 Å². The van der Waals surface area contributed by atoms with Crippen LogP contribution in [0.3, 0.4) is 0 Å². The quantitative estimate of drug-likeness (QED) is 0.392. The number of hydrogen-bond donors (Lipinski definition) is 0. The van der Waals surface area contributed by atoms with Gasteiger partial charge in [0.15, 0.2) is 0 Å². The molecule has 3 aromatic rings. The molecule has 162 valence electrons. The molecular formula is C19H16F3N5O4. The Hall–Kier alpha value is -3.83. The van der Waals surface area contributed by atoms with Gasteiger partial charge >= 0.3 is 6.18 Å². The molecule has 0 saturated heterocycles. The van der Waals surface area contributed by atoms with Gasteiger partial charge in [0.1, 0.15) is 12.2 Å². The topological polar surface area (TPSA) is 115 Å². The van der Waals surface area contributed by atoms with Crippen LogP contribution in [0.5, 0.6) is 0 Å². The van der Waals surface area contributed by atoms with E-state index in [0.29, 0.717) is 10.6 Å². The van der Waals surface area contributed by atoms with Crippen molar-refractivity contribution in [3.05, 3.63) is 70.2 Å². The highest BCUT2D eigenvalue weighted by atomic mass is 19.4. The van der Waals surface area contributed by atoms with Crippen LogP contribution in [-0.2, 0) is 17.8 Å². The first-order valence-electron chi connectivity index (χ1n) is 9.04.